The number of aliphatic hydroxyl groups is 1. The molecule has 2 aliphatic rings. The molecule has 3 heterocycles. The van der Waals surface area contributed by atoms with E-state index in [1.165, 1.54) is 6.33 Å². The molecule has 36 heavy (non-hydrogen) atoms. The largest absolute Gasteiger partial charge is 0.489 e. The van der Waals surface area contributed by atoms with Gasteiger partial charge in [-0.1, -0.05) is 23.7 Å². The topological polar surface area (TPSA) is 106 Å². The summed E-state index contributed by atoms with van der Waals surface area (Å²) in [5.74, 6) is 1.39. The summed E-state index contributed by atoms with van der Waals surface area (Å²) in [6, 6.07) is 7.91. The van der Waals surface area contributed by atoms with Gasteiger partial charge >= 0.3 is 0 Å². The third-order valence-corrected chi connectivity index (χ3v) is 6.72. The van der Waals surface area contributed by atoms with Crippen molar-refractivity contribution in [3.63, 3.8) is 0 Å². The van der Waals surface area contributed by atoms with Gasteiger partial charge < -0.3 is 29.5 Å². The van der Waals surface area contributed by atoms with Gasteiger partial charge in [0.25, 0.3) is 0 Å². The number of amides is 1. The maximum Gasteiger partial charge on any atom is 0.238 e. The Bertz CT molecular complexity index is 1020. The van der Waals surface area contributed by atoms with Gasteiger partial charge in [0.05, 0.1) is 18.1 Å². The van der Waals surface area contributed by atoms with Crippen molar-refractivity contribution in [2.45, 2.75) is 63.7 Å². The van der Waals surface area contributed by atoms with E-state index < -0.39 is 5.60 Å². The molecule has 1 amide bonds. The Kier molecular flexibility index (Phi) is 8.54. The molecule has 10 heteroatoms. The van der Waals surface area contributed by atoms with E-state index in [0.29, 0.717) is 30.6 Å². The number of aromatic nitrogens is 2. The standard InChI is InChI=1S/C26H35ClN4O5/c1-17(24(32)30-19-9-12-34-13-10-19)18-4-6-20(7-5-18)36-21-8-11-31(14-21)23-22(27)25(29-16-28-23)35-15-26(2,3)33/h4-7,16-17,19,21,33H,8-15H2,1-3H3,(H,30,32)/t17?,21-/m1/s1. The van der Waals surface area contributed by atoms with Gasteiger partial charge in [0.15, 0.2) is 5.82 Å². The minimum absolute atomic E-state index is 0.0307. The van der Waals surface area contributed by atoms with Crippen molar-refractivity contribution in [2.75, 3.05) is 37.8 Å². The first-order valence-electron chi connectivity index (χ1n) is 12.4. The number of carbonyl (C=O) groups excluding carboxylic acids is 1. The summed E-state index contributed by atoms with van der Waals surface area (Å²) in [5.41, 5.74) is -0.0468. The fraction of sp³-hybridized carbons (Fsp3) is 0.577. The molecule has 2 aromatic rings. The molecule has 0 spiro atoms. The lowest BCUT2D eigenvalue weighted by Gasteiger charge is -2.25. The molecule has 1 aromatic heterocycles. The van der Waals surface area contributed by atoms with E-state index in [4.69, 9.17) is 25.8 Å². The summed E-state index contributed by atoms with van der Waals surface area (Å²) in [4.78, 5) is 23.1. The number of nitrogens with one attached hydrogen (secondary N) is 1. The molecule has 0 aliphatic carbocycles. The van der Waals surface area contributed by atoms with Crippen LogP contribution in [-0.4, -0.2) is 71.6 Å². The average Bonchev–Trinajstić information content (AvgIpc) is 3.31. The minimum atomic E-state index is -0.997. The third-order valence-electron chi connectivity index (χ3n) is 6.39. The van der Waals surface area contributed by atoms with E-state index in [2.05, 4.69) is 15.3 Å². The van der Waals surface area contributed by atoms with Crippen molar-refractivity contribution in [1.82, 2.24) is 15.3 Å². The second-order valence-electron chi connectivity index (χ2n) is 10.1. The molecule has 9 nitrogen and oxygen atoms in total. The van der Waals surface area contributed by atoms with Crippen molar-refractivity contribution in [2.24, 2.45) is 0 Å². The van der Waals surface area contributed by atoms with Gasteiger partial charge in [0.2, 0.25) is 11.8 Å². The molecule has 2 fully saturated rings. The van der Waals surface area contributed by atoms with Crippen LogP contribution in [0.3, 0.4) is 0 Å². The van der Waals surface area contributed by atoms with Crippen LogP contribution in [0.1, 0.15) is 51.5 Å². The lowest BCUT2D eigenvalue weighted by molar-refractivity contribution is -0.123. The molecule has 0 bridgehead atoms. The second kappa shape index (κ2) is 11.6. The number of hydrogen-bond donors (Lipinski definition) is 2. The van der Waals surface area contributed by atoms with Crippen LogP contribution in [0.4, 0.5) is 5.82 Å². The molecule has 196 valence electrons. The van der Waals surface area contributed by atoms with E-state index in [9.17, 15) is 9.90 Å². The van der Waals surface area contributed by atoms with E-state index in [1.807, 2.05) is 36.1 Å². The molecule has 2 aliphatic heterocycles. The molecular weight excluding hydrogens is 484 g/mol. The summed E-state index contributed by atoms with van der Waals surface area (Å²) >= 11 is 6.51. The van der Waals surface area contributed by atoms with Crippen LogP contribution in [0.5, 0.6) is 11.6 Å². The fourth-order valence-electron chi connectivity index (χ4n) is 4.27. The average molecular weight is 519 g/mol. The third kappa shape index (κ3) is 6.99. The van der Waals surface area contributed by atoms with Crippen LogP contribution < -0.4 is 19.7 Å². The molecule has 1 unspecified atom stereocenters. The lowest BCUT2D eigenvalue weighted by Crippen LogP contribution is -2.40. The molecule has 0 radical (unpaired) electrons. The first-order chi connectivity index (χ1) is 17.2. The van der Waals surface area contributed by atoms with Gasteiger partial charge in [-0.3, -0.25) is 4.79 Å². The molecular formula is C26H35ClN4O5. The summed E-state index contributed by atoms with van der Waals surface area (Å²) in [7, 11) is 0. The zero-order chi connectivity index (χ0) is 25.7. The molecule has 2 N–H and O–H groups in total. The minimum Gasteiger partial charge on any atom is -0.489 e. The molecule has 2 saturated heterocycles. The van der Waals surface area contributed by atoms with Gasteiger partial charge in [-0.2, -0.15) is 0 Å². The monoisotopic (exact) mass is 518 g/mol. The number of halogens is 1. The van der Waals surface area contributed by atoms with Crippen LogP contribution in [-0.2, 0) is 9.53 Å². The van der Waals surface area contributed by atoms with Gasteiger partial charge in [-0.25, -0.2) is 9.97 Å². The SMILES string of the molecule is CC(C(=O)NC1CCOCC1)c1ccc(O[C@@H]2CCN(c3ncnc(OCC(C)(C)O)c3Cl)C2)cc1. The number of hydrogen-bond acceptors (Lipinski definition) is 8. The highest BCUT2D eigenvalue weighted by atomic mass is 35.5. The molecule has 1 aromatic carbocycles. The van der Waals surface area contributed by atoms with E-state index in [1.54, 1.807) is 13.8 Å². The number of nitrogens with zero attached hydrogens (tertiary/aromatic N) is 3. The first-order valence-corrected chi connectivity index (χ1v) is 12.8. The summed E-state index contributed by atoms with van der Waals surface area (Å²) in [6.07, 6.45) is 3.91. The highest BCUT2D eigenvalue weighted by molar-refractivity contribution is 6.34. The Balaban J connectivity index is 1.31. The number of ether oxygens (including phenoxy) is 3. The van der Waals surface area contributed by atoms with Gasteiger partial charge in [0.1, 0.15) is 29.8 Å². The second-order valence-corrected chi connectivity index (χ2v) is 10.5. The Morgan fingerprint density at radius 1 is 1.25 bits per heavy atom. The van der Waals surface area contributed by atoms with Crippen LogP contribution in [0, 0.1) is 0 Å². The summed E-state index contributed by atoms with van der Waals surface area (Å²) in [5, 5.41) is 13.4. The Hall–Kier alpha value is -2.62. The van der Waals surface area contributed by atoms with Crippen LogP contribution in [0.15, 0.2) is 30.6 Å². The van der Waals surface area contributed by atoms with Crippen molar-refractivity contribution in [3.8, 4) is 11.6 Å². The quantitative estimate of drug-likeness (QED) is 0.520. The predicted octanol–water partition coefficient (Wildman–Crippen LogP) is 3.34. The Morgan fingerprint density at radius 3 is 2.67 bits per heavy atom. The van der Waals surface area contributed by atoms with Crippen LogP contribution in [0.25, 0.3) is 0 Å². The summed E-state index contributed by atoms with van der Waals surface area (Å²) in [6.45, 7) is 8.04. The van der Waals surface area contributed by atoms with Crippen molar-refractivity contribution in [3.05, 3.63) is 41.2 Å². The van der Waals surface area contributed by atoms with Gasteiger partial charge in [-0.05, 0) is 51.3 Å². The Morgan fingerprint density at radius 2 is 1.97 bits per heavy atom. The maximum absolute atomic E-state index is 12.7. The lowest BCUT2D eigenvalue weighted by atomic mass is 9.99. The predicted molar refractivity (Wildman–Crippen MR) is 137 cm³/mol. The van der Waals surface area contributed by atoms with E-state index >= 15 is 0 Å². The van der Waals surface area contributed by atoms with E-state index in [0.717, 1.165) is 37.1 Å². The summed E-state index contributed by atoms with van der Waals surface area (Å²) < 4.78 is 17.2. The fourth-order valence-corrected chi connectivity index (χ4v) is 4.55. The first kappa shape index (κ1) is 26.4. The highest BCUT2D eigenvalue weighted by Crippen LogP contribution is 2.33. The number of benzene rings is 1. The maximum atomic E-state index is 12.7. The number of anilines is 1. The number of carbonyl (C=O) groups is 1. The normalized spacial score (nSPS) is 19.7. The Labute approximate surface area is 217 Å². The van der Waals surface area contributed by atoms with Gasteiger partial charge in [-0.15, -0.1) is 0 Å². The molecule has 2 atom stereocenters. The zero-order valence-electron chi connectivity index (χ0n) is 21.1. The van der Waals surface area contributed by atoms with Gasteiger partial charge in [0, 0.05) is 32.2 Å². The zero-order valence-corrected chi connectivity index (χ0v) is 21.8. The van der Waals surface area contributed by atoms with E-state index in [-0.39, 0.29) is 36.5 Å². The van der Waals surface area contributed by atoms with Crippen molar-refractivity contribution >= 4 is 23.3 Å². The van der Waals surface area contributed by atoms with Crippen molar-refractivity contribution < 1.29 is 24.1 Å². The van der Waals surface area contributed by atoms with Crippen LogP contribution >= 0.6 is 11.6 Å². The number of rotatable bonds is 9. The van der Waals surface area contributed by atoms with Crippen LogP contribution in [0.2, 0.25) is 5.02 Å². The molecule has 4 rings (SSSR count). The smallest absolute Gasteiger partial charge is 0.238 e. The van der Waals surface area contributed by atoms with Crippen molar-refractivity contribution in [1.29, 1.82) is 0 Å². The molecule has 0 saturated carbocycles. The highest BCUT2D eigenvalue weighted by Gasteiger charge is 2.28.